The second-order valence-corrected chi connectivity index (χ2v) is 15.0. The minimum Gasteiger partial charge on any atom is -0.208 e. The molecule has 11 rings (SSSR count). The largest absolute Gasteiger partial charge is 0.208 e. The normalized spacial score (nSPS) is 11.6. The average Bonchev–Trinajstić information content (AvgIpc) is 3.66. The molecule has 256 valence electrons. The van der Waals surface area contributed by atoms with Crippen LogP contribution in [0.25, 0.3) is 109 Å². The first-order chi connectivity index (χ1) is 27.3. The van der Waals surface area contributed by atoms with Crippen molar-refractivity contribution in [3.63, 3.8) is 0 Å². The van der Waals surface area contributed by atoms with Crippen molar-refractivity contribution in [2.45, 2.75) is 0 Å². The van der Waals surface area contributed by atoms with Crippen LogP contribution in [-0.4, -0.2) is 15.0 Å². The molecule has 0 unspecified atom stereocenters. The van der Waals surface area contributed by atoms with Crippen molar-refractivity contribution in [2.24, 2.45) is 0 Å². The molecule has 3 nitrogen and oxygen atoms in total. The molecule has 0 amide bonds. The Morgan fingerprint density at radius 1 is 0.291 bits per heavy atom. The molecular weight excluding hydrogens is 687 g/mol. The first kappa shape index (κ1) is 31.5. The summed E-state index contributed by atoms with van der Waals surface area (Å²) in [6, 6.07) is 66.6. The molecule has 0 saturated carbocycles. The van der Waals surface area contributed by atoms with Gasteiger partial charge in [0, 0.05) is 42.2 Å². The van der Waals surface area contributed by atoms with Crippen LogP contribution in [0.1, 0.15) is 0 Å². The molecule has 9 aromatic carbocycles. The van der Waals surface area contributed by atoms with E-state index in [9.17, 15) is 0 Å². The predicted molar refractivity (Wildman–Crippen MR) is 232 cm³/mol. The highest BCUT2D eigenvalue weighted by Crippen LogP contribution is 2.48. The summed E-state index contributed by atoms with van der Waals surface area (Å²) < 4.78 is 2.49. The lowest BCUT2D eigenvalue weighted by Crippen LogP contribution is -2.01. The zero-order chi connectivity index (χ0) is 36.3. The number of hydrogen-bond donors (Lipinski definition) is 0. The molecule has 0 N–H and O–H groups in total. The van der Waals surface area contributed by atoms with Crippen molar-refractivity contribution >= 4 is 63.8 Å². The van der Waals surface area contributed by atoms with Gasteiger partial charge < -0.3 is 0 Å². The standard InChI is InChI=1S/C51H31N3S/c1-3-16-32(17-4-1)34-20-15-21-35(30-34)36-22-7-12-27-41(36)50-52-49(33-18-5-2-6-19-33)53-51(54-50)44-31-43-39-25-9-8-23-37(39)38-24-10-11-26-40(38)46(43)48-47(44)42-28-13-14-29-45(42)55-48/h1-31H. The number of aromatic nitrogens is 3. The smallest absolute Gasteiger partial charge is 0.164 e. The topological polar surface area (TPSA) is 38.7 Å². The Bertz CT molecular complexity index is 3260. The second kappa shape index (κ2) is 12.8. The van der Waals surface area contributed by atoms with Crippen LogP contribution >= 0.6 is 11.3 Å². The van der Waals surface area contributed by atoms with Gasteiger partial charge in [-0.1, -0.05) is 170 Å². The molecule has 2 heterocycles. The Hall–Kier alpha value is -7.01. The number of benzene rings is 9. The Labute approximate surface area is 321 Å². The van der Waals surface area contributed by atoms with Gasteiger partial charge in [0.2, 0.25) is 0 Å². The van der Waals surface area contributed by atoms with Crippen LogP contribution in [0.5, 0.6) is 0 Å². The molecule has 0 saturated heterocycles. The molecule has 0 atom stereocenters. The average molecular weight is 718 g/mol. The summed E-state index contributed by atoms with van der Waals surface area (Å²) in [5.74, 6) is 1.94. The monoisotopic (exact) mass is 717 g/mol. The van der Waals surface area contributed by atoms with E-state index < -0.39 is 0 Å². The molecule has 0 fully saturated rings. The van der Waals surface area contributed by atoms with Gasteiger partial charge >= 0.3 is 0 Å². The lowest BCUT2D eigenvalue weighted by molar-refractivity contribution is 1.08. The third-order valence-electron chi connectivity index (χ3n) is 10.7. The number of rotatable bonds is 5. The molecule has 0 aliphatic carbocycles. The van der Waals surface area contributed by atoms with Crippen molar-refractivity contribution in [1.29, 1.82) is 0 Å². The fourth-order valence-corrected chi connectivity index (χ4v) is 9.50. The molecule has 0 spiro atoms. The highest BCUT2D eigenvalue weighted by atomic mass is 32.1. The lowest BCUT2D eigenvalue weighted by Gasteiger charge is -2.15. The Morgan fingerprint density at radius 3 is 1.55 bits per heavy atom. The van der Waals surface area contributed by atoms with Gasteiger partial charge in [0.05, 0.1) is 0 Å². The Balaban J connectivity index is 1.23. The van der Waals surface area contributed by atoms with E-state index in [0.717, 1.165) is 33.4 Å². The molecule has 0 aliphatic rings. The molecule has 0 radical (unpaired) electrons. The van der Waals surface area contributed by atoms with Gasteiger partial charge in [-0.3, -0.25) is 0 Å². The van der Waals surface area contributed by atoms with E-state index in [1.807, 2.05) is 29.5 Å². The van der Waals surface area contributed by atoms with Crippen LogP contribution in [0.4, 0.5) is 0 Å². The van der Waals surface area contributed by atoms with E-state index in [4.69, 9.17) is 15.0 Å². The second-order valence-electron chi connectivity index (χ2n) is 13.9. The predicted octanol–water partition coefficient (Wildman–Crippen LogP) is 14.0. The summed E-state index contributed by atoms with van der Waals surface area (Å²) >= 11 is 1.85. The van der Waals surface area contributed by atoms with E-state index in [-0.39, 0.29) is 0 Å². The van der Waals surface area contributed by atoms with E-state index >= 15 is 0 Å². The first-order valence-corrected chi connectivity index (χ1v) is 19.3. The van der Waals surface area contributed by atoms with Gasteiger partial charge in [0.25, 0.3) is 0 Å². The fraction of sp³-hybridized carbons (Fsp3) is 0. The number of fused-ring (bicyclic) bond motifs is 10. The zero-order valence-corrected chi connectivity index (χ0v) is 30.5. The first-order valence-electron chi connectivity index (χ1n) is 18.5. The SMILES string of the molecule is c1ccc(-c2cccc(-c3ccccc3-c3nc(-c4ccccc4)nc(-c4cc5c6ccccc6c6ccccc6c5c5sc6ccccc6c45)n3)c2)cc1. The van der Waals surface area contributed by atoms with Crippen LogP contribution in [0.3, 0.4) is 0 Å². The molecule has 2 aromatic heterocycles. The van der Waals surface area contributed by atoms with Crippen molar-refractivity contribution < 1.29 is 0 Å². The summed E-state index contributed by atoms with van der Waals surface area (Å²) in [6.45, 7) is 0. The van der Waals surface area contributed by atoms with Crippen LogP contribution in [0, 0.1) is 0 Å². The minimum atomic E-state index is 0.640. The van der Waals surface area contributed by atoms with Gasteiger partial charge in [-0.15, -0.1) is 11.3 Å². The number of thiophene rings is 1. The Kier molecular flexibility index (Phi) is 7.35. The highest BCUT2D eigenvalue weighted by Gasteiger charge is 2.22. The third kappa shape index (κ3) is 5.22. The summed E-state index contributed by atoms with van der Waals surface area (Å²) in [4.78, 5) is 16.0. The van der Waals surface area contributed by atoms with Gasteiger partial charge in [-0.25, -0.2) is 15.0 Å². The Morgan fingerprint density at radius 2 is 0.800 bits per heavy atom. The molecule has 4 heteroatoms. The van der Waals surface area contributed by atoms with Crippen molar-refractivity contribution in [3.05, 3.63) is 188 Å². The zero-order valence-electron chi connectivity index (χ0n) is 29.6. The molecule has 0 bridgehead atoms. The summed E-state index contributed by atoms with van der Waals surface area (Å²) in [5.41, 5.74) is 7.42. The molecular formula is C51H31N3S. The van der Waals surface area contributed by atoms with Gasteiger partial charge in [-0.05, 0) is 67.4 Å². The van der Waals surface area contributed by atoms with Gasteiger partial charge in [-0.2, -0.15) is 0 Å². The summed E-state index contributed by atoms with van der Waals surface area (Å²) in [5, 5.41) is 9.83. The summed E-state index contributed by atoms with van der Waals surface area (Å²) in [7, 11) is 0. The van der Waals surface area contributed by atoms with Crippen LogP contribution in [0.15, 0.2) is 188 Å². The van der Waals surface area contributed by atoms with E-state index in [0.29, 0.717) is 17.5 Å². The van der Waals surface area contributed by atoms with Crippen LogP contribution in [0.2, 0.25) is 0 Å². The molecule has 11 aromatic rings. The number of hydrogen-bond acceptors (Lipinski definition) is 4. The lowest BCUT2D eigenvalue weighted by atomic mass is 9.91. The highest BCUT2D eigenvalue weighted by molar-refractivity contribution is 7.27. The fourth-order valence-electron chi connectivity index (χ4n) is 8.20. The minimum absolute atomic E-state index is 0.640. The van der Waals surface area contributed by atoms with Crippen molar-refractivity contribution in [1.82, 2.24) is 15.0 Å². The van der Waals surface area contributed by atoms with Gasteiger partial charge in [0.15, 0.2) is 17.5 Å². The molecule has 55 heavy (non-hydrogen) atoms. The van der Waals surface area contributed by atoms with Gasteiger partial charge in [0.1, 0.15) is 0 Å². The van der Waals surface area contributed by atoms with Crippen LogP contribution < -0.4 is 0 Å². The van der Waals surface area contributed by atoms with Crippen molar-refractivity contribution in [2.75, 3.05) is 0 Å². The maximum Gasteiger partial charge on any atom is 0.164 e. The quantitative estimate of drug-likeness (QED) is 0.166. The maximum atomic E-state index is 5.43. The third-order valence-corrected chi connectivity index (χ3v) is 11.9. The van der Waals surface area contributed by atoms with Crippen molar-refractivity contribution in [3.8, 4) is 56.4 Å². The van der Waals surface area contributed by atoms with Crippen LogP contribution in [-0.2, 0) is 0 Å². The number of nitrogens with zero attached hydrogens (tertiary/aromatic N) is 3. The van der Waals surface area contributed by atoms with E-state index in [1.165, 1.54) is 58.1 Å². The summed E-state index contributed by atoms with van der Waals surface area (Å²) in [6.07, 6.45) is 0. The van der Waals surface area contributed by atoms with E-state index in [2.05, 4.69) is 170 Å². The van der Waals surface area contributed by atoms with E-state index in [1.54, 1.807) is 0 Å². The maximum absolute atomic E-state index is 5.43. The molecule has 0 aliphatic heterocycles.